The van der Waals surface area contributed by atoms with Gasteiger partial charge in [-0.15, -0.1) is 0 Å². The fourth-order valence-electron chi connectivity index (χ4n) is 4.20. The number of aromatic carboxylic acids is 1. The van der Waals surface area contributed by atoms with Crippen molar-refractivity contribution >= 4 is 17.6 Å². The second kappa shape index (κ2) is 12.0. The Morgan fingerprint density at radius 3 is 2.50 bits per heavy atom. The number of carboxylic acid groups (broad SMARTS) is 1. The average molecular weight is 514 g/mol. The molecule has 0 saturated carbocycles. The fraction of sp³-hybridized carbons (Fsp3) is 0.345. The first kappa shape index (κ1) is 27.8. The van der Waals surface area contributed by atoms with E-state index in [-0.39, 0.29) is 30.6 Å². The van der Waals surface area contributed by atoms with Crippen LogP contribution in [0.15, 0.2) is 60.7 Å². The molecule has 5 nitrogen and oxygen atoms in total. The van der Waals surface area contributed by atoms with Gasteiger partial charge in [0.25, 0.3) is 0 Å². The number of aliphatic hydroxyl groups excluding tert-OH is 1. The lowest BCUT2D eigenvalue weighted by molar-refractivity contribution is -0.00398. The van der Waals surface area contributed by atoms with Gasteiger partial charge in [-0.25, -0.2) is 9.18 Å². The van der Waals surface area contributed by atoms with E-state index < -0.39 is 17.6 Å². The number of halogens is 2. The normalized spacial score (nSPS) is 13.4. The van der Waals surface area contributed by atoms with Crippen molar-refractivity contribution < 1.29 is 24.1 Å². The SMILES string of the molecule is Cc1cc(C(=O)O)ccc1-c1ccccc1C(C)OC[C@@H](O)CNC(C)(C)Cc1ccc(Cl)cc1F. The summed E-state index contributed by atoms with van der Waals surface area (Å²) in [4.78, 5) is 11.3. The Hall–Kier alpha value is -2.77. The number of hydrogen-bond donors (Lipinski definition) is 3. The van der Waals surface area contributed by atoms with Gasteiger partial charge in [0.1, 0.15) is 5.82 Å². The Kier molecular flexibility index (Phi) is 9.25. The summed E-state index contributed by atoms with van der Waals surface area (Å²) in [6, 6.07) is 17.5. The third-order valence-corrected chi connectivity index (χ3v) is 6.40. The van der Waals surface area contributed by atoms with E-state index in [0.29, 0.717) is 17.0 Å². The number of benzene rings is 3. The summed E-state index contributed by atoms with van der Waals surface area (Å²) >= 11 is 5.84. The minimum atomic E-state index is -0.960. The van der Waals surface area contributed by atoms with E-state index in [9.17, 15) is 19.4 Å². The van der Waals surface area contributed by atoms with E-state index in [2.05, 4.69) is 5.32 Å². The van der Waals surface area contributed by atoms with E-state index in [1.165, 1.54) is 6.07 Å². The molecule has 1 unspecified atom stereocenters. The van der Waals surface area contributed by atoms with Crippen LogP contribution in [0.1, 0.15) is 53.9 Å². The number of carbonyl (C=O) groups is 1. The Balaban J connectivity index is 1.60. The van der Waals surface area contributed by atoms with Crippen LogP contribution in [-0.2, 0) is 11.2 Å². The molecule has 3 N–H and O–H groups in total. The smallest absolute Gasteiger partial charge is 0.335 e. The van der Waals surface area contributed by atoms with E-state index in [0.717, 1.165) is 22.3 Å². The Labute approximate surface area is 216 Å². The molecule has 36 heavy (non-hydrogen) atoms. The van der Waals surface area contributed by atoms with Crippen LogP contribution in [0.25, 0.3) is 11.1 Å². The van der Waals surface area contributed by atoms with Gasteiger partial charge < -0.3 is 20.3 Å². The fourth-order valence-corrected chi connectivity index (χ4v) is 4.36. The predicted molar refractivity (Wildman–Crippen MR) is 141 cm³/mol. The summed E-state index contributed by atoms with van der Waals surface area (Å²) in [5, 5.41) is 23.5. The van der Waals surface area contributed by atoms with Gasteiger partial charge in [-0.3, -0.25) is 0 Å². The molecule has 0 aliphatic rings. The minimum Gasteiger partial charge on any atom is -0.478 e. The maximum Gasteiger partial charge on any atom is 0.335 e. The zero-order valence-corrected chi connectivity index (χ0v) is 21.8. The van der Waals surface area contributed by atoms with Crippen LogP contribution in [0, 0.1) is 12.7 Å². The molecule has 192 valence electrons. The van der Waals surface area contributed by atoms with Crippen LogP contribution in [0.3, 0.4) is 0 Å². The van der Waals surface area contributed by atoms with Gasteiger partial charge in [-0.1, -0.05) is 48.0 Å². The first-order valence-electron chi connectivity index (χ1n) is 11.9. The molecule has 0 heterocycles. The summed E-state index contributed by atoms with van der Waals surface area (Å²) in [5.41, 5.74) is 4.05. The molecular formula is C29H33ClFNO4. The highest BCUT2D eigenvalue weighted by molar-refractivity contribution is 6.30. The van der Waals surface area contributed by atoms with Crippen molar-refractivity contribution in [2.75, 3.05) is 13.2 Å². The van der Waals surface area contributed by atoms with E-state index in [1.807, 2.05) is 58.0 Å². The molecule has 0 bridgehead atoms. The Bertz CT molecular complexity index is 1210. The van der Waals surface area contributed by atoms with Gasteiger partial charge in [0.2, 0.25) is 0 Å². The minimum absolute atomic E-state index is 0.116. The summed E-state index contributed by atoms with van der Waals surface area (Å²) in [7, 11) is 0. The Morgan fingerprint density at radius 1 is 1.11 bits per heavy atom. The topological polar surface area (TPSA) is 78.8 Å². The van der Waals surface area contributed by atoms with Crippen LogP contribution in [0.5, 0.6) is 0 Å². The number of hydrogen-bond acceptors (Lipinski definition) is 4. The van der Waals surface area contributed by atoms with Crippen LogP contribution in [0.2, 0.25) is 5.02 Å². The number of rotatable bonds is 11. The molecule has 2 atom stereocenters. The zero-order chi connectivity index (χ0) is 26.5. The monoisotopic (exact) mass is 513 g/mol. The molecule has 0 saturated heterocycles. The molecule has 0 amide bonds. The highest BCUT2D eigenvalue weighted by Gasteiger charge is 2.22. The lowest BCUT2D eigenvalue weighted by Crippen LogP contribution is -2.46. The number of β-amino-alcohol motifs (C(OH)–C–C–N with tert-alkyl or cyclic N) is 1. The first-order valence-corrected chi connectivity index (χ1v) is 12.3. The van der Waals surface area contributed by atoms with E-state index in [4.69, 9.17) is 16.3 Å². The summed E-state index contributed by atoms with van der Waals surface area (Å²) in [6.45, 7) is 8.11. The van der Waals surface area contributed by atoms with Crippen molar-refractivity contribution in [2.45, 2.75) is 51.9 Å². The molecule has 3 rings (SSSR count). The largest absolute Gasteiger partial charge is 0.478 e. The number of ether oxygens (including phenoxy) is 1. The molecular weight excluding hydrogens is 481 g/mol. The number of aliphatic hydroxyl groups is 1. The van der Waals surface area contributed by atoms with Gasteiger partial charge >= 0.3 is 5.97 Å². The quantitative estimate of drug-likeness (QED) is 0.284. The maximum atomic E-state index is 14.2. The van der Waals surface area contributed by atoms with Crippen molar-refractivity contribution in [1.82, 2.24) is 5.32 Å². The molecule has 0 aromatic heterocycles. The standard InChI is InChI=1S/C29H33ClFNO4/c1-18-13-20(28(34)35)10-12-24(18)26-8-6-5-7-25(26)19(2)36-17-23(33)16-32-29(3,4)15-21-9-11-22(30)14-27(21)31/h5-14,19,23,32-33H,15-17H2,1-4H3,(H,34,35)/t19?,23-/m0/s1. The van der Waals surface area contributed by atoms with Gasteiger partial charge in [0, 0.05) is 17.1 Å². The highest BCUT2D eigenvalue weighted by Crippen LogP contribution is 2.32. The van der Waals surface area contributed by atoms with Crippen LogP contribution < -0.4 is 5.32 Å². The molecule has 0 aliphatic carbocycles. The second-order valence-corrected chi connectivity index (χ2v) is 10.2. The van der Waals surface area contributed by atoms with Gasteiger partial charge in [-0.05, 0) is 86.2 Å². The van der Waals surface area contributed by atoms with Gasteiger partial charge in [-0.2, -0.15) is 0 Å². The predicted octanol–water partition coefficient (Wildman–Crippen LogP) is 6.20. The molecule has 7 heteroatoms. The van der Waals surface area contributed by atoms with Gasteiger partial charge in [0.15, 0.2) is 0 Å². The summed E-state index contributed by atoms with van der Waals surface area (Å²) in [6.07, 6.45) is -0.621. The van der Waals surface area contributed by atoms with Crippen molar-refractivity contribution in [3.63, 3.8) is 0 Å². The number of nitrogens with one attached hydrogen (secondary N) is 1. The van der Waals surface area contributed by atoms with Crippen molar-refractivity contribution in [3.05, 3.63) is 93.8 Å². The average Bonchev–Trinajstić information content (AvgIpc) is 2.83. The first-order chi connectivity index (χ1) is 17.0. The Morgan fingerprint density at radius 2 is 1.83 bits per heavy atom. The number of carboxylic acids is 1. The lowest BCUT2D eigenvalue weighted by atomic mass is 9.92. The van der Waals surface area contributed by atoms with Crippen LogP contribution in [0.4, 0.5) is 4.39 Å². The highest BCUT2D eigenvalue weighted by atomic mass is 35.5. The molecule has 3 aromatic rings. The zero-order valence-electron chi connectivity index (χ0n) is 21.0. The summed E-state index contributed by atoms with van der Waals surface area (Å²) in [5.74, 6) is -1.31. The third-order valence-electron chi connectivity index (χ3n) is 6.16. The maximum absolute atomic E-state index is 14.2. The van der Waals surface area contributed by atoms with Crippen molar-refractivity contribution in [3.8, 4) is 11.1 Å². The third kappa shape index (κ3) is 7.37. The van der Waals surface area contributed by atoms with Crippen LogP contribution >= 0.6 is 11.6 Å². The van der Waals surface area contributed by atoms with E-state index >= 15 is 0 Å². The molecule has 0 fully saturated rings. The lowest BCUT2D eigenvalue weighted by Gasteiger charge is -2.28. The second-order valence-electron chi connectivity index (χ2n) is 9.73. The molecule has 0 spiro atoms. The summed E-state index contributed by atoms with van der Waals surface area (Å²) < 4.78 is 20.2. The van der Waals surface area contributed by atoms with Gasteiger partial charge in [0.05, 0.1) is 24.4 Å². The number of aryl methyl sites for hydroxylation is 1. The van der Waals surface area contributed by atoms with Crippen molar-refractivity contribution in [1.29, 1.82) is 0 Å². The van der Waals surface area contributed by atoms with Crippen molar-refractivity contribution in [2.24, 2.45) is 0 Å². The van der Waals surface area contributed by atoms with E-state index in [1.54, 1.807) is 24.3 Å². The molecule has 3 aromatic carbocycles. The molecule has 0 radical (unpaired) electrons. The van der Waals surface area contributed by atoms with Crippen LogP contribution in [-0.4, -0.2) is 41.0 Å². The molecule has 0 aliphatic heterocycles.